The number of hydrogen-bond donors (Lipinski definition) is 0. The molecule has 4 aromatic rings. The highest BCUT2D eigenvalue weighted by atomic mass is 16.5. The Labute approximate surface area is 209 Å². The predicted molar refractivity (Wildman–Crippen MR) is 144 cm³/mol. The van der Waals surface area contributed by atoms with Crippen LogP contribution in [0, 0.1) is 6.92 Å². The summed E-state index contributed by atoms with van der Waals surface area (Å²) in [5.74, 6) is 3.29. The number of aryl methyl sites for hydroxylation is 2. The van der Waals surface area contributed by atoms with Gasteiger partial charge in [-0.3, -0.25) is 0 Å². The molecule has 0 spiro atoms. The highest BCUT2D eigenvalue weighted by Crippen LogP contribution is 2.28. The molecule has 0 amide bonds. The first-order valence-electron chi connectivity index (χ1n) is 12.6. The van der Waals surface area contributed by atoms with Gasteiger partial charge in [-0.2, -0.15) is 0 Å². The number of aromatic nitrogens is 2. The van der Waals surface area contributed by atoms with Gasteiger partial charge >= 0.3 is 0 Å². The minimum absolute atomic E-state index is 0.431. The van der Waals surface area contributed by atoms with Gasteiger partial charge in [-0.05, 0) is 73.1 Å². The summed E-state index contributed by atoms with van der Waals surface area (Å²) in [7, 11) is 0. The zero-order chi connectivity index (χ0) is 24.6. The number of nitrogens with zero attached hydrogens (tertiary/aromatic N) is 2. The minimum Gasteiger partial charge on any atom is -0.493 e. The number of allylic oxidation sites excluding steroid dienone is 1. The summed E-state index contributed by atoms with van der Waals surface area (Å²) in [5.41, 5.74) is 5.79. The molecule has 0 unspecified atom stereocenters. The van der Waals surface area contributed by atoms with Gasteiger partial charge in [0.25, 0.3) is 0 Å². The van der Waals surface area contributed by atoms with Crippen molar-refractivity contribution >= 4 is 11.0 Å². The van der Waals surface area contributed by atoms with Gasteiger partial charge in [-0.25, -0.2) is 4.98 Å². The second kappa shape index (κ2) is 11.7. The molecule has 0 aliphatic heterocycles. The van der Waals surface area contributed by atoms with Crippen molar-refractivity contribution in [1.29, 1.82) is 0 Å². The first kappa shape index (κ1) is 24.6. The number of imidazole rings is 1. The number of fused-ring (bicyclic) bond motifs is 1. The van der Waals surface area contributed by atoms with Crippen LogP contribution in [0.2, 0.25) is 0 Å². The molecule has 0 aliphatic carbocycles. The lowest BCUT2D eigenvalue weighted by Crippen LogP contribution is -2.09. The van der Waals surface area contributed by atoms with E-state index in [0.29, 0.717) is 19.1 Å². The minimum atomic E-state index is 0.431. The summed E-state index contributed by atoms with van der Waals surface area (Å²) < 4.78 is 14.7. The van der Waals surface area contributed by atoms with Crippen molar-refractivity contribution in [3.05, 3.63) is 102 Å². The van der Waals surface area contributed by atoms with Gasteiger partial charge in [0, 0.05) is 6.54 Å². The fraction of sp³-hybridized carbons (Fsp3) is 0.323. The van der Waals surface area contributed by atoms with Crippen LogP contribution in [0.3, 0.4) is 0 Å². The molecule has 182 valence electrons. The number of unbranched alkanes of at least 4 members (excludes halogenated alkanes) is 1. The van der Waals surface area contributed by atoms with E-state index in [4.69, 9.17) is 14.5 Å². The van der Waals surface area contributed by atoms with E-state index in [0.717, 1.165) is 59.7 Å². The number of ether oxygens (including phenoxy) is 2. The molecule has 4 rings (SSSR count). The van der Waals surface area contributed by atoms with Crippen LogP contribution in [0.1, 0.15) is 55.1 Å². The predicted octanol–water partition coefficient (Wildman–Crippen LogP) is 7.63. The van der Waals surface area contributed by atoms with Crippen molar-refractivity contribution in [2.24, 2.45) is 0 Å². The van der Waals surface area contributed by atoms with Crippen LogP contribution in [0.15, 0.2) is 79.4 Å². The number of rotatable bonds is 12. The number of benzene rings is 3. The van der Waals surface area contributed by atoms with Crippen LogP contribution < -0.4 is 9.47 Å². The molecule has 0 saturated carbocycles. The summed E-state index contributed by atoms with van der Waals surface area (Å²) in [6.07, 6.45) is 4.66. The molecule has 4 heteroatoms. The quantitative estimate of drug-likeness (QED) is 0.158. The van der Waals surface area contributed by atoms with Crippen molar-refractivity contribution in [2.75, 3.05) is 6.61 Å². The topological polar surface area (TPSA) is 36.3 Å². The first-order valence-corrected chi connectivity index (χ1v) is 12.6. The Hall–Kier alpha value is -3.53. The van der Waals surface area contributed by atoms with E-state index in [2.05, 4.69) is 74.4 Å². The monoisotopic (exact) mass is 468 g/mol. The number of hydrogen-bond acceptors (Lipinski definition) is 3. The van der Waals surface area contributed by atoms with Crippen LogP contribution in [-0.2, 0) is 19.6 Å². The SMILES string of the molecule is C=CCc1ccccc1OCc1nc2ccccc2n1CCCCOc1cc(C)ccc1C(C)C. The maximum absolute atomic E-state index is 6.22. The molecule has 35 heavy (non-hydrogen) atoms. The number of para-hydroxylation sites is 3. The van der Waals surface area contributed by atoms with E-state index in [1.54, 1.807) is 0 Å². The van der Waals surface area contributed by atoms with Gasteiger partial charge in [0.1, 0.15) is 23.9 Å². The Morgan fingerprint density at radius 1 is 0.943 bits per heavy atom. The highest BCUT2D eigenvalue weighted by Gasteiger charge is 2.13. The molecule has 0 aliphatic rings. The summed E-state index contributed by atoms with van der Waals surface area (Å²) in [6.45, 7) is 12.4. The van der Waals surface area contributed by atoms with Crippen molar-refractivity contribution in [2.45, 2.75) is 59.1 Å². The third-order valence-corrected chi connectivity index (χ3v) is 6.25. The molecule has 0 bridgehead atoms. The van der Waals surface area contributed by atoms with Gasteiger partial charge < -0.3 is 14.0 Å². The van der Waals surface area contributed by atoms with Crippen molar-refractivity contribution in [1.82, 2.24) is 9.55 Å². The van der Waals surface area contributed by atoms with Crippen molar-refractivity contribution in [3.8, 4) is 11.5 Å². The van der Waals surface area contributed by atoms with Gasteiger partial charge in [0.15, 0.2) is 0 Å². The Bertz CT molecular complexity index is 1270. The zero-order valence-electron chi connectivity index (χ0n) is 21.2. The van der Waals surface area contributed by atoms with Gasteiger partial charge in [0.05, 0.1) is 17.6 Å². The average molecular weight is 469 g/mol. The molecular formula is C31H36N2O2. The van der Waals surface area contributed by atoms with Crippen LogP contribution in [0.4, 0.5) is 0 Å². The second-order valence-electron chi connectivity index (χ2n) is 9.31. The molecule has 4 nitrogen and oxygen atoms in total. The normalized spacial score (nSPS) is 11.2. The lowest BCUT2D eigenvalue weighted by molar-refractivity contribution is 0.282. The third-order valence-electron chi connectivity index (χ3n) is 6.25. The first-order chi connectivity index (χ1) is 17.1. The van der Waals surface area contributed by atoms with E-state index in [-0.39, 0.29) is 0 Å². The fourth-order valence-corrected chi connectivity index (χ4v) is 4.39. The summed E-state index contributed by atoms with van der Waals surface area (Å²) in [6, 6.07) is 22.9. The van der Waals surface area contributed by atoms with Crippen LogP contribution in [0.25, 0.3) is 11.0 Å². The maximum atomic E-state index is 6.22. The van der Waals surface area contributed by atoms with Gasteiger partial charge in [-0.1, -0.05) is 62.4 Å². The van der Waals surface area contributed by atoms with Gasteiger partial charge in [-0.15, -0.1) is 6.58 Å². The Kier molecular flexibility index (Phi) is 8.25. The maximum Gasteiger partial charge on any atom is 0.147 e. The Morgan fingerprint density at radius 2 is 1.74 bits per heavy atom. The summed E-state index contributed by atoms with van der Waals surface area (Å²) in [5, 5.41) is 0. The second-order valence-corrected chi connectivity index (χ2v) is 9.31. The molecule has 1 aromatic heterocycles. The summed E-state index contributed by atoms with van der Waals surface area (Å²) in [4.78, 5) is 4.88. The molecule has 0 atom stereocenters. The molecule has 0 saturated heterocycles. The van der Waals surface area contributed by atoms with Crippen molar-refractivity contribution < 1.29 is 9.47 Å². The molecule has 3 aromatic carbocycles. The standard InChI is InChI=1S/C31H36N2O2/c1-5-12-25-13-6-9-16-29(25)35-22-31-32-27-14-7-8-15-28(27)33(31)19-10-11-20-34-30-21-24(4)17-18-26(30)23(2)3/h5-9,13-18,21,23H,1,10-12,19-20,22H2,2-4H3. The van der Waals surface area contributed by atoms with E-state index in [9.17, 15) is 0 Å². The van der Waals surface area contributed by atoms with Crippen LogP contribution in [-0.4, -0.2) is 16.2 Å². The highest BCUT2D eigenvalue weighted by molar-refractivity contribution is 5.75. The largest absolute Gasteiger partial charge is 0.493 e. The van der Waals surface area contributed by atoms with Crippen molar-refractivity contribution in [3.63, 3.8) is 0 Å². The van der Waals surface area contributed by atoms with E-state index in [1.165, 1.54) is 11.1 Å². The third kappa shape index (κ3) is 6.13. The molecule has 0 N–H and O–H groups in total. The van der Waals surface area contributed by atoms with Crippen LogP contribution in [0.5, 0.6) is 11.5 Å². The Morgan fingerprint density at radius 3 is 2.57 bits per heavy atom. The Balaban J connectivity index is 1.41. The van der Waals surface area contributed by atoms with Gasteiger partial charge in [0.2, 0.25) is 0 Å². The molecule has 0 radical (unpaired) electrons. The van der Waals surface area contributed by atoms with E-state index < -0.39 is 0 Å². The average Bonchev–Trinajstić information content (AvgIpc) is 3.21. The smallest absolute Gasteiger partial charge is 0.147 e. The molecular weight excluding hydrogens is 432 g/mol. The lowest BCUT2D eigenvalue weighted by Gasteiger charge is -2.15. The molecule has 1 heterocycles. The summed E-state index contributed by atoms with van der Waals surface area (Å²) >= 11 is 0. The van der Waals surface area contributed by atoms with E-state index >= 15 is 0 Å². The van der Waals surface area contributed by atoms with E-state index in [1.807, 2.05) is 30.3 Å². The lowest BCUT2D eigenvalue weighted by atomic mass is 10.0. The zero-order valence-corrected chi connectivity index (χ0v) is 21.2. The fourth-order valence-electron chi connectivity index (χ4n) is 4.39. The molecule has 0 fully saturated rings. The van der Waals surface area contributed by atoms with Crippen LogP contribution >= 0.6 is 0 Å².